The van der Waals surface area contributed by atoms with Gasteiger partial charge in [-0.1, -0.05) is 64.4 Å². The lowest BCUT2D eigenvalue weighted by atomic mass is 10.1. The van der Waals surface area contributed by atoms with Gasteiger partial charge in [0.2, 0.25) is 18.6 Å². The van der Waals surface area contributed by atoms with Gasteiger partial charge in [0.1, 0.15) is 11.5 Å². The lowest BCUT2D eigenvalue weighted by Gasteiger charge is -2.31. The van der Waals surface area contributed by atoms with Crippen molar-refractivity contribution in [3.8, 4) is 11.5 Å². The van der Waals surface area contributed by atoms with E-state index in [1.54, 1.807) is 9.80 Å². The van der Waals surface area contributed by atoms with E-state index in [1.807, 2.05) is 37.3 Å². The summed E-state index contributed by atoms with van der Waals surface area (Å²) >= 11 is 0. The molecule has 238 valence electrons. The highest BCUT2D eigenvalue weighted by Crippen LogP contribution is 2.33. The van der Waals surface area contributed by atoms with Crippen molar-refractivity contribution in [2.45, 2.75) is 91.1 Å². The van der Waals surface area contributed by atoms with Crippen LogP contribution in [0, 0.1) is 6.92 Å². The second-order valence-electron chi connectivity index (χ2n) is 11.8. The Labute approximate surface area is 257 Å². The maximum absolute atomic E-state index is 13.9. The van der Waals surface area contributed by atoms with Crippen LogP contribution in [0.4, 0.5) is 0 Å². The molecule has 9 heteroatoms. The van der Waals surface area contributed by atoms with Crippen LogP contribution in [0.5, 0.6) is 11.5 Å². The van der Waals surface area contributed by atoms with Crippen LogP contribution in [0.25, 0.3) is 0 Å². The first kappa shape index (κ1) is 32.9. The Morgan fingerprint density at radius 3 is 2.26 bits per heavy atom. The van der Waals surface area contributed by atoms with E-state index in [0.29, 0.717) is 56.5 Å². The Morgan fingerprint density at radius 1 is 0.814 bits per heavy atom. The molecule has 2 aromatic rings. The Bertz CT molecular complexity index is 1130. The lowest BCUT2D eigenvalue weighted by molar-refractivity contribution is -0.141. The van der Waals surface area contributed by atoms with E-state index < -0.39 is 0 Å². The van der Waals surface area contributed by atoms with Crippen LogP contribution in [-0.2, 0) is 27.4 Å². The summed E-state index contributed by atoms with van der Waals surface area (Å²) < 4.78 is 22.3. The Balaban J connectivity index is 1.36. The summed E-state index contributed by atoms with van der Waals surface area (Å²) in [4.78, 5) is 33.2. The summed E-state index contributed by atoms with van der Waals surface area (Å²) in [5.41, 5.74) is 0.932. The molecule has 1 saturated heterocycles. The average molecular weight is 598 g/mol. The summed E-state index contributed by atoms with van der Waals surface area (Å²) in [6, 6.07) is 9.55. The molecule has 0 aliphatic carbocycles. The van der Waals surface area contributed by atoms with Crippen LogP contribution in [0.3, 0.4) is 0 Å². The van der Waals surface area contributed by atoms with Crippen molar-refractivity contribution in [3.63, 3.8) is 0 Å². The van der Waals surface area contributed by atoms with E-state index >= 15 is 0 Å². The maximum Gasteiger partial charge on any atom is 0.242 e. The number of aryl methyl sites for hydroxylation is 1. The zero-order valence-corrected chi connectivity index (χ0v) is 26.3. The first-order valence-electron chi connectivity index (χ1n) is 16.3. The number of carbonyl (C=O) groups excluding carboxylic acids is 2. The van der Waals surface area contributed by atoms with Crippen molar-refractivity contribution < 1.29 is 28.2 Å². The van der Waals surface area contributed by atoms with E-state index in [1.165, 1.54) is 38.5 Å². The quantitative estimate of drug-likeness (QED) is 0.186. The molecule has 2 aliphatic rings. The SMILES string of the molecule is CCCCCCCCCCCC(=O)N(CCN1CCOCC1)CC(=O)N(Cc1ccc2c(c1)OCO2)Cc1ccc(C)o1. The van der Waals surface area contributed by atoms with Gasteiger partial charge in [0.15, 0.2) is 11.5 Å². The molecule has 1 fully saturated rings. The summed E-state index contributed by atoms with van der Waals surface area (Å²) in [6.45, 7) is 9.46. The number of benzene rings is 1. The molecule has 0 atom stereocenters. The molecule has 0 N–H and O–H groups in total. The third kappa shape index (κ3) is 11.2. The van der Waals surface area contributed by atoms with Crippen molar-refractivity contribution >= 4 is 11.8 Å². The molecule has 3 heterocycles. The van der Waals surface area contributed by atoms with Crippen molar-refractivity contribution in [2.24, 2.45) is 0 Å². The van der Waals surface area contributed by atoms with E-state index in [-0.39, 0.29) is 25.2 Å². The zero-order chi connectivity index (χ0) is 30.3. The van der Waals surface area contributed by atoms with Gasteiger partial charge in [-0.25, -0.2) is 0 Å². The zero-order valence-electron chi connectivity index (χ0n) is 26.3. The number of unbranched alkanes of at least 4 members (excludes halogenated alkanes) is 8. The lowest BCUT2D eigenvalue weighted by Crippen LogP contribution is -2.47. The minimum atomic E-state index is -0.103. The number of amides is 2. The smallest absolute Gasteiger partial charge is 0.242 e. The predicted molar refractivity (Wildman–Crippen MR) is 166 cm³/mol. The molecule has 0 bridgehead atoms. The fraction of sp³-hybridized carbons (Fsp3) is 0.647. The van der Waals surface area contributed by atoms with E-state index in [4.69, 9.17) is 18.6 Å². The monoisotopic (exact) mass is 597 g/mol. The normalized spacial score (nSPS) is 14.7. The Morgan fingerprint density at radius 2 is 1.53 bits per heavy atom. The van der Waals surface area contributed by atoms with Gasteiger partial charge in [0.25, 0.3) is 0 Å². The molecule has 2 amide bonds. The number of morpholine rings is 1. The second kappa shape index (κ2) is 17.9. The molecule has 43 heavy (non-hydrogen) atoms. The predicted octanol–water partition coefficient (Wildman–Crippen LogP) is 5.93. The summed E-state index contributed by atoms with van der Waals surface area (Å²) in [5.74, 6) is 2.86. The summed E-state index contributed by atoms with van der Waals surface area (Å²) in [5, 5.41) is 0. The van der Waals surface area contributed by atoms with Gasteiger partial charge in [-0.3, -0.25) is 14.5 Å². The molecular formula is C34H51N3O6. The van der Waals surface area contributed by atoms with Gasteiger partial charge in [0, 0.05) is 39.1 Å². The van der Waals surface area contributed by atoms with Crippen LogP contribution in [0.1, 0.15) is 88.2 Å². The topological polar surface area (TPSA) is 84.7 Å². The van der Waals surface area contributed by atoms with Crippen LogP contribution in [0.2, 0.25) is 0 Å². The molecular weight excluding hydrogens is 546 g/mol. The highest BCUT2D eigenvalue weighted by Gasteiger charge is 2.24. The van der Waals surface area contributed by atoms with E-state index in [0.717, 1.165) is 50.2 Å². The fourth-order valence-corrected chi connectivity index (χ4v) is 5.64. The molecule has 0 spiro atoms. The second-order valence-corrected chi connectivity index (χ2v) is 11.8. The number of hydrogen-bond donors (Lipinski definition) is 0. The summed E-state index contributed by atoms with van der Waals surface area (Å²) in [7, 11) is 0. The third-order valence-corrected chi connectivity index (χ3v) is 8.27. The molecule has 4 rings (SSSR count). The van der Waals surface area contributed by atoms with Gasteiger partial charge < -0.3 is 28.4 Å². The average Bonchev–Trinajstić information content (AvgIpc) is 3.66. The minimum Gasteiger partial charge on any atom is -0.464 e. The highest BCUT2D eigenvalue weighted by molar-refractivity contribution is 5.85. The number of hydrogen-bond acceptors (Lipinski definition) is 7. The van der Waals surface area contributed by atoms with Gasteiger partial charge in [-0.15, -0.1) is 0 Å². The van der Waals surface area contributed by atoms with Crippen molar-refractivity contribution in [2.75, 3.05) is 52.7 Å². The fourth-order valence-electron chi connectivity index (χ4n) is 5.64. The van der Waals surface area contributed by atoms with Gasteiger partial charge in [0.05, 0.1) is 26.3 Å². The number of ether oxygens (including phenoxy) is 3. The van der Waals surface area contributed by atoms with Crippen molar-refractivity contribution in [1.82, 2.24) is 14.7 Å². The first-order valence-corrected chi connectivity index (χ1v) is 16.3. The molecule has 0 radical (unpaired) electrons. The molecule has 1 aromatic heterocycles. The minimum absolute atomic E-state index is 0.0465. The first-order chi connectivity index (χ1) is 21.0. The van der Waals surface area contributed by atoms with Gasteiger partial charge >= 0.3 is 0 Å². The third-order valence-electron chi connectivity index (χ3n) is 8.27. The van der Waals surface area contributed by atoms with Crippen LogP contribution >= 0.6 is 0 Å². The number of nitrogens with zero attached hydrogens (tertiary/aromatic N) is 3. The van der Waals surface area contributed by atoms with Crippen molar-refractivity contribution in [3.05, 3.63) is 47.4 Å². The van der Waals surface area contributed by atoms with E-state index in [9.17, 15) is 9.59 Å². The van der Waals surface area contributed by atoms with Crippen LogP contribution in [-0.4, -0.2) is 79.2 Å². The Kier molecular flexibility index (Phi) is 13.7. The largest absolute Gasteiger partial charge is 0.464 e. The number of furan rings is 1. The van der Waals surface area contributed by atoms with E-state index in [2.05, 4.69) is 11.8 Å². The Hall–Kier alpha value is -3.04. The standard InChI is InChI=1S/C34H51N3O6/c1-3-4-5-6-7-8-9-10-11-12-33(38)36(18-17-35-19-21-40-22-20-35)26-34(39)37(25-30-15-13-28(2)43-30)24-29-14-16-31-32(23-29)42-27-41-31/h13-16,23H,3-12,17-22,24-27H2,1-2H3. The maximum atomic E-state index is 13.9. The number of carbonyl (C=O) groups is 2. The summed E-state index contributed by atoms with van der Waals surface area (Å²) in [6.07, 6.45) is 11.3. The molecule has 0 unspecified atom stereocenters. The van der Waals surface area contributed by atoms with Gasteiger partial charge in [-0.2, -0.15) is 0 Å². The molecule has 0 saturated carbocycles. The molecule has 9 nitrogen and oxygen atoms in total. The number of fused-ring (bicyclic) bond motifs is 1. The molecule has 2 aliphatic heterocycles. The van der Waals surface area contributed by atoms with Crippen molar-refractivity contribution in [1.29, 1.82) is 0 Å². The molecule has 1 aromatic carbocycles. The van der Waals surface area contributed by atoms with Gasteiger partial charge in [-0.05, 0) is 43.2 Å². The van der Waals surface area contributed by atoms with Crippen LogP contribution < -0.4 is 9.47 Å². The number of rotatable bonds is 19. The van der Waals surface area contributed by atoms with Crippen LogP contribution in [0.15, 0.2) is 34.7 Å². The highest BCUT2D eigenvalue weighted by atomic mass is 16.7.